The monoisotopic (exact) mass is 518 g/mol. The second kappa shape index (κ2) is 11.1. The zero-order valence-corrected chi connectivity index (χ0v) is 21.3. The first-order chi connectivity index (χ1) is 18.0. The van der Waals surface area contributed by atoms with Gasteiger partial charge in [-0.1, -0.05) is 28.9 Å². The van der Waals surface area contributed by atoms with Crippen LogP contribution in [0.1, 0.15) is 52.6 Å². The number of fused-ring (bicyclic) bond motifs is 1. The predicted octanol–water partition coefficient (Wildman–Crippen LogP) is 4.46. The number of likely N-dealkylation sites (tertiary alicyclic amines) is 1. The van der Waals surface area contributed by atoms with Gasteiger partial charge in [-0.15, -0.1) is 10.2 Å². The van der Waals surface area contributed by atoms with E-state index in [1.165, 1.54) is 0 Å². The summed E-state index contributed by atoms with van der Waals surface area (Å²) in [7, 11) is 1.93. The van der Waals surface area contributed by atoms with E-state index < -0.39 is 0 Å². The summed E-state index contributed by atoms with van der Waals surface area (Å²) < 4.78 is 7.81. The first-order valence-corrected chi connectivity index (χ1v) is 12.6. The Kier molecular flexibility index (Phi) is 7.44. The highest BCUT2D eigenvalue weighted by Gasteiger charge is 2.33. The number of ether oxygens (including phenoxy) is 1. The summed E-state index contributed by atoms with van der Waals surface area (Å²) in [5, 5.41) is 15.8. The van der Waals surface area contributed by atoms with Crippen LogP contribution in [0.15, 0.2) is 36.5 Å². The van der Waals surface area contributed by atoms with E-state index in [-0.39, 0.29) is 11.8 Å². The number of unbranched alkanes of at least 4 members (excludes halogenated alkanes) is 1. The van der Waals surface area contributed by atoms with Crippen molar-refractivity contribution in [1.29, 1.82) is 0 Å². The minimum atomic E-state index is -0.0484. The van der Waals surface area contributed by atoms with Crippen LogP contribution >= 0.6 is 11.6 Å². The van der Waals surface area contributed by atoms with Crippen LogP contribution in [-0.2, 0) is 24.8 Å². The second-order valence-electron chi connectivity index (χ2n) is 9.20. The van der Waals surface area contributed by atoms with Gasteiger partial charge in [0, 0.05) is 55.0 Å². The van der Waals surface area contributed by atoms with Crippen molar-refractivity contribution in [3.8, 4) is 0 Å². The minimum absolute atomic E-state index is 0.0484. The molecule has 1 aliphatic heterocycles. The summed E-state index contributed by atoms with van der Waals surface area (Å²) in [5.41, 5.74) is 3.72. The Morgan fingerprint density at radius 2 is 2.22 bits per heavy atom. The molecule has 1 saturated heterocycles. The summed E-state index contributed by atoms with van der Waals surface area (Å²) in [6, 6.07) is 9.42. The molecule has 1 aliphatic rings. The standard InChI is InChI=1S/C26H27ClN8O2/c1-28-20-13-21-23(26(36)35-10-9-18(15-35)24-30-32-33-31-24)22(34(2)25(21)29-14-20)8-3-4-11-37-16-17-6-5-7-19(27)12-17/h5-7,12-14,18H,3-4,8-11,15-16H2,2H3,(H,30,31,32,33)/t18-/m0/s1. The van der Waals surface area contributed by atoms with Gasteiger partial charge < -0.3 is 14.2 Å². The quantitative estimate of drug-likeness (QED) is 0.259. The van der Waals surface area contributed by atoms with E-state index in [0.717, 1.165) is 35.9 Å². The number of halogens is 1. The number of rotatable bonds is 9. The maximum atomic E-state index is 13.8. The lowest BCUT2D eigenvalue weighted by Gasteiger charge is -2.17. The topological polar surface area (TPSA) is 106 Å². The smallest absolute Gasteiger partial charge is 0.256 e. The number of nitrogens with one attached hydrogen (secondary N) is 1. The van der Waals surface area contributed by atoms with E-state index >= 15 is 0 Å². The van der Waals surface area contributed by atoms with Crippen molar-refractivity contribution < 1.29 is 9.53 Å². The number of benzene rings is 1. The van der Waals surface area contributed by atoms with Crippen molar-refractivity contribution in [1.82, 2.24) is 35.1 Å². The number of aryl methyl sites for hydroxylation is 1. The molecule has 4 heterocycles. The molecule has 4 aromatic rings. The van der Waals surface area contributed by atoms with Gasteiger partial charge in [0.2, 0.25) is 5.69 Å². The molecule has 1 atom stereocenters. The summed E-state index contributed by atoms with van der Waals surface area (Å²) in [5.74, 6) is 0.630. The van der Waals surface area contributed by atoms with Crippen LogP contribution in [0.2, 0.25) is 5.02 Å². The number of nitrogens with zero attached hydrogens (tertiary/aromatic N) is 7. The second-order valence-corrected chi connectivity index (χ2v) is 9.64. The fourth-order valence-corrected chi connectivity index (χ4v) is 5.12. The Morgan fingerprint density at radius 1 is 1.32 bits per heavy atom. The van der Waals surface area contributed by atoms with Crippen molar-refractivity contribution in [2.24, 2.45) is 7.05 Å². The molecule has 1 N–H and O–H groups in total. The SMILES string of the molecule is [C-]#[N+]c1cnc2c(c1)c(C(=O)N1CC[C@H](c3nn[nH]n3)C1)c(CCCCOCc1cccc(Cl)c1)n2C. The summed E-state index contributed by atoms with van der Waals surface area (Å²) in [6.45, 7) is 9.68. The number of aromatic nitrogens is 6. The third-order valence-electron chi connectivity index (χ3n) is 6.79. The zero-order valence-electron chi connectivity index (χ0n) is 20.5. The van der Waals surface area contributed by atoms with E-state index in [0.29, 0.717) is 60.5 Å². The van der Waals surface area contributed by atoms with Gasteiger partial charge in [0.25, 0.3) is 5.91 Å². The number of H-pyrrole nitrogens is 1. The maximum absolute atomic E-state index is 13.8. The molecule has 0 spiro atoms. The van der Waals surface area contributed by atoms with Crippen LogP contribution in [0.5, 0.6) is 0 Å². The number of aromatic amines is 1. The van der Waals surface area contributed by atoms with Crippen LogP contribution in [-0.4, -0.2) is 60.7 Å². The summed E-state index contributed by atoms with van der Waals surface area (Å²) >= 11 is 6.04. The average molecular weight is 519 g/mol. The first-order valence-electron chi connectivity index (χ1n) is 12.2. The molecule has 1 amide bonds. The molecule has 11 heteroatoms. The van der Waals surface area contributed by atoms with Crippen LogP contribution in [0, 0.1) is 6.57 Å². The van der Waals surface area contributed by atoms with Crippen molar-refractivity contribution in [3.05, 3.63) is 75.6 Å². The molecule has 10 nitrogen and oxygen atoms in total. The van der Waals surface area contributed by atoms with Gasteiger partial charge in [-0.05, 0) is 49.4 Å². The Hall–Kier alpha value is -3.81. The Balaban J connectivity index is 1.30. The Labute approximate surface area is 219 Å². The highest BCUT2D eigenvalue weighted by molar-refractivity contribution is 6.30. The molecule has 0 radical (unpaired) electrons. The van der Waals surface area contributed by atoms with Gasteiger partial charge in [0.1, 0.15) is 5.65 Å². The zero-order chi connectivity index (χ0) is 25.8. The molecule has 190 valence electrons. The molecular weight excluding hydrogens is 492 g/mol. The average Bonchev–Trinajstić information content (AvgIpc) is 3.66. The van der Waals surface area contributed by atoms with Gasteiger partial charge in [-0.3, -0.25) is 4.79 Å². The van der Waals surface area contributed by atoms with Gasteiger partial charge in [-0.2, -0.15) is 5.21 Å². The van der Waals surface area contributed by atoms with Crippen LogP contribution in [0.25, 0.3) is 15.9 Å². The highest BCUT2D eigenvalue weighted by Crippen LogP contribution is 2.32. The molecule has 37 heavy (non-hydrogen) atoms. The number of pyridine rings is 1. The third kappa shape index (κ3) is 5.33. The molecule has 1 fully saturated rings. The van der Waals surface area contributed by atoms with Crippen LogP contribution < -0.4 is 0 Å². The number of hydrogen-bond acceptors (Lipinski definition) is 6. The third-order valence-corrected chi connectivity index (χ3v) is 7.02. The predicted molar refractivity (Wildman–Crippen MR) is 138 cm³/mol. The lowest BCUT2D eigenvalue weighted by Crippen LogP contribution is -2.29. The number of hydrogen-bond donors (Lipinski definition) is 1. The lowest BCUT2D eigenvalue weighted by molar-refractivity contribution is 0.0791. The summed E-state index contributed by atoms with van der Waals surface area (Å²) in [4.78, 5) is 23.7. The van der Waals surface area contributed by atoms with E-state index in [2.05, 4.69) is 30.5 Å². The minimum Gasteiger partial charge on any atom is -0.377 e. The Morgan fingerprint density at radius 3 is 3.00 bits per heavy atom. The van der Waals surface area contributed by atoms with Crippen molar-refractivity contribution in [2.45, 2.75) is 38.2 Å². The molecule has 0 bridgehead atoms. The molecule has 1 aromatic carbocycles. The number of amides is 1. The largest absolute Gasteiger partial charge is 0.377 e. The maximum Gasteiger partial charge on any atom is 0.256 e. The summed E-state index contributed by atoms with van der Waals surface area (Å²) in [6.07, 6.45) is 4.73. The molecule has 5 rings (SSSR count). The molecule has 0 aliphatic carbocycles. The normalized spacial score (nSPS) is 15.4. The first kappa shape index (κ1) is 24.9. The number of carbonyl (C=O) groups is 1. The molecule has 0 saturated carbocycles. The van der Waals surface area contributed by atoms with Gasteiger partial charge in [0.15, 0.2) is 5.82 Å². The van der Waals surface area contributed by atoms with E-state index in [9.17, 15) is 4.79 Å². The van der Waals surface area contributed by atoms with Gasteiger partial charge in [0.05, 0.1) is 18.7 Å². The number of tetrazole rings is 1. The van der Waals surface area contributed by atoms with E-state index in [1.807, 2.05) is 40.8 Å². The lowest BCUT2D eigenvalue weighted by atomic mass is 10.1. The number of carbonyl (C=O) groups excluding carboxylic acids is 1. The van der Waals surface area contributed by atoms with Crippen LogP contribution in [0.4, 0.5) is 5.69 Å². The molecular formula is C26H27ClN8O2. The van der Waals surface area contributed by atoms with Crippen LogP contribution in [0.3, 0.4) is 0 Å². The van der Waals surface area contributed by atoms with Crippen molar-refractivity contribution in [2.75, 3.05) is 19.7 Å². The fourth-order valence-electron chi connectivity index (χ4n) is 4.91. The van der Waals surface area contributed by atoms with Gasteiger partial charge in [-0.25, -0.2) is 9.83 Å². The molecule has 3 aromatic heterocycles. The Bertz CT molecular complexity index is 1440. The highest BCUT2D eigenvalue weighted by atomic mass is 35.5. The molecule has 0 unspecified atom stereocenters. The van der Waals surface area contributed by atoms with E-state index in [1.54, 1.807) is 12.3 Å². The van der Waals surface area contributed by atoms with Crippen molar-refractivity contribution >= 4 is 34.2 Å². The fraction of sp³-hybridized carbons (Fsp3) is 0.385. The van der Waals surface area contributed by atoms with Gasteiger partial charge >= 0.3 is 0 Å². The van der Waals surface area contributed by atoms with E-state index in [4.69, 9.17) is 22.9 Å². The van der Waals surface area contributed by atoms with Crippen molar-refractivity contribution in [3.63, 3.8) is 0 Å².